The summed E-state index contributed by atoms with van der Waals surface area (Å²) in [7, 11) is 1.36. The van der Waals surface area contributed by atoms with Gasteiger partial charge in [-0.15, -0.1) is 0 Å². The predicted octanol–water partition coefficient (Wildman–Crippen LogP) is 2.12. The number of aliphatic hydroxyl groups excluding tert-OH is 1. The van der Waals surface area contributed by atoms with Gasteiger partial charge in [0.05, 0.1) is 19.3 Å². The zero-order chi connectivity index (χ0) is 11.5. The topological polar surface area (TPSA) is 46.5 Å². The fraction of sp³-hybridized carbons (Fsp3) is 0.154. The van der Waals surface area contributed by atoms with E-state index >= 15 is 0 Å². The highest BCUT2D eigenvalue weighted by molar-refractivity contribution is 6.04. The normalized spacial score (nSPS) is 10.4. The van der Waals surface area contributed by atoms with Gasteiger partial charge in [0.15, 0.2) is 0 Å². The molecule has 0 saturated carbocycles. The third kappa shape index (κ3) is 1.77. The van der Waals surface area contributed by atoms with Gasteiger partial charge in [-0.2, -0.15) is 0 Å². The molecule has 0 bridgehead atoms. The van der Waals surface area contributed by atoms with Crippen molar-refractivity contribution in [3.63, 3.8) is 0 Å². The Morgan fingerprint density at radius 1 is 1.31 bits per heavy atom. The molecule has 16 heavy (non-hydrogen) atoms. The molecular formula is C13H12O3. The SMILES string of the molecule is COC(=O)c1cccc2ccc(CO)cc12. The minimum absolute atomic E-state index is 0.0363. The van der Waals surface area contributed by atoms with E-state index in [9.17, 15) is 4.79 Å². The van der Waals surface area contributed by atoms with Crippen LogP contribution in [0.25, 0.3) is 10.8 Å². The maximum absolute atomic E-state index is 11.5. The molecule has 2 rings (SSSR count). The zero-order valence-corrected chi connectivity index (χ0v) is 8.93. The molecule has 0 spiro atoms. The van der Waals surface area contributed by atoms with E-state index in [1.54, 1.807) is 6.07 Å². The number of fused-ring (bicyclic) bond motifs is 1. The highest BCUT2D eigenvalue weighted by Gasteiger charge is 2.09. The van der Waals surface area contributed by atoms with E-state index in [0.717, 1.165) is 16.3 Å². The second-order valence-electron chi connectivity index (χ2n) is 3.51. The number of hydrogen-bond donors (Lipinski definition) is 1. The molecule has 3 nitrogen and oxygen atoms in total. The lowest BCUT2D eigenvalue weighted by atomic mass is 10.0. The smallest absolute Gasteiger partial charge is 0.338 e. The summed E-state index contributed by atoms with van der Waals surface area (Å²) in [6.07, 6.45) is 0. The van der Waals surface area contributed by atoms with Crippen LogP contribution in [-0.2, 0) is 11.3 Å². The Morgan fingerprint density at radius 2 is 2.12 bits per heavy atom. The van der Waals surface area contributed by atoms with Gasteiger partial charge >= 0.3 is 5.97 Å². The van der Waals surface area contributed by atoms with E-state index < -0.39 is 0 Å². The Balaban J connectivity index is 2.68. The fourth-order valence-corrected chi connectivity index (χ4v) is 1.71. The van der Waals surface area contributed by atoms with E-state index in [0.29, 0.717) is 5.56 Å². The third-order valence-electron chi connectivity index (χ3n) is 2.53. The summed E-state index contributed by atoms with van der Waals surface area (Å²) in [6, 6.07) is 11.0. The van der Waals surface area contributed by atoms with Gasteiger partial charge in [-0.3, -0.25) is 0 Å². The van der Waals surface area contributed by atoms with Gasteiger partial charge < -0.3 is 9.84 Å². The van der Waals surface area contributed by atoms with Crippen LogP contribution in [-0.4, -0.2) is 18.2 Å². The Morgan fingerprint density at radius 3 is 2.81 bits per heavy atom. The molecule has 0 aliphatic rings. The standard InChI is InChI=1S/C13H12O3/c1-16-13(15)11-4-2-3-10-6-5-9(8-14)7-12(10)11/h2-7,14H,8H2,1H3. The van der Waals surface area contributed by atoms with Gasteiger partial charge in [0.1, 0.15) is 0 Å². The van der Waals surface area contributed by atoms with Crippen LogP contribution in [0.1, 0.15) is 15.9 Å². The minimum Gasteiger partial charge on any atom is -0.465 e. The number of benzene rings is 2. The minimum atomic E-state index is -0.360. The predicted molar refractivity (Wildman–Crippen MR) is 61.2 cm³/mol. The van der Waals surface area contributed by atoms with Crippen molar-refractivity contribution in [2.75, 3.05) is 7.11 Å². The molecule has 0 aliphatic carbocycles. The number of hydrogen-bond acceptors (Lipinski definition) is 3. The molecule has 3 heteroatoms. The van der Waals surface area contributed by atoms with Crippen LogP contribution >= 0.6 is 0 Å². The molecule has 2 aromatic rings. The summed E-state index contributed by atoms with van der Waals surface area (Å²) in [5.74, 6) is -0.360. The quantitative estimate of drug-likeness (QED) is 0.782. The molecule has 0 radical (unpaired) electrons. The first-order chi connectivity index (χ1) is 7.76. The van der Waals surface area contributed by atoms with E-state index in [-0.39, 0.29) is 12.6 Å². The summed E-state index contributed by atoms with van der Waals surface area (Å²) < 4.78 is 4.72. The van der Waals surface area contributed by atoms with Crippen molar-refractivity contribution in [2.24, 2.45) is 0 Å². The van der Waals surface area contributed by atoms with Crippen LogP contribution < -0.4 is 0 Å². The Hall–Kier alpha value is -1.87. The van der Waals surface area contributed by atoms with Gasteiger partial charge in [0, 0.05) is 0 Å². The molecule has 0 unspecified atom stereocenters. The van der Waals surface area contributed by atoms with Crippen molar-refractivity contribution in [2.45, 2.75) is 6.61 Å². The monoisotopic (exact) mass is 216 g/mol. The Labute approximate surface area is 93.3 Å². The van der Waals surface area contributed by atoms with Crippen molar-refractivity contribution in [1.82, 2.24) is 0 Å². The van der Waals surface area contributed by atoms with Crippen molar-refractivity contribution in [1.29, 1.82) is 0 Å². The van der Waals surface area contributed by atoms with Crippen LogP contribution in [0, 0.1) is 0 Å². The van der Waals surface area contributed by atoms with Crippen molar-refractivity contribution >= 4 is 16.7 Å². The Kier molecular flexibility index (Phi) is 2.88. The molecule has 0 aromatic heterocycles. The zero-order valence-electron chi connectivity index (χ0n) is 8.93. The number of carbonyl (C=O) groups is 1. The van der Waals surface area contributed by atoms with Gasteiger partial charge in [0.25, 0.3) is 0 Å². The van der Waals surface area contributed by atoms with E-state index in [4.69, 9.17) is 9.84 Å². The van der Waals surface area contributed by atoms with Crippen LogP contribution in [0.15, 0.2) is 36.4 Å². The molecule has 0 atom stereocenters. The lowest BCUT2D eigenvalue weighted by molar-refractivity contribution is 0.0603. The van der Waals surface area contributed by atoms with Gasteiger partial charge in [-0.25, -0.2) is 4.79 Å². The maximum Gasteiger partial charge on any atom is 0.338 e. The Bertz CT molecular complexity index is 532. The first-order valence-corrected chi connectivity index (χ1v) is 4.97. The number of rotatable bonds is 2. The average Bonchev–Trinajstić information content (AvgIpc) is 2.36. The second kappa shape index (κ2) is 4.33. The molecule has 0 saturated heterocycles. The largest absolute Gasteiger partial charge is 0.465 e. The van der Waals surface area contributed by atoms with Gasteiger partial charge in [-0.1, -0.05) is 24.3 Å². The maximum atomic E-state index is 11.5. The average molecular weight is 216 g/mol. The van der Waals surface area contributed by atoms with E-state index in [1.165, 1.54) is 7.11 Å². The number of esters is 1. The van der Waals surface area contributed by atoms with Crippen LogP contribution in [0.3, 0.4) is 0 Å². The first kappa shape index (κ1) is 10.6. The van der Waals surface area contributed by atoms with Crippen molar-refractivity contribution < 1.29 is 14.6 Å². The van der Waals surface area contributed by atoms with E-state index in [1.807, 2.05) is 30.3 Å². The fourth-order valence-electron chi connectivity index (χ4n) is 1.71. The molecule has 0 aliphatic heterocycles. The summed E-state index contributed by atoms with van der Waals surface area (Å²) in [5, 5.41) is 10.8. The molecule has 1 N–H and O–H groups in total. The van der Waals surface area contributed by atoms with Crippen molar-refractivity contribution in [3.8, 4) is 0 Å². The third-order valence-corrected chi connectivity index (χ3v) is 2.53. The number of aliphatic hydroxyl groups is 1. The highest BCUT2D eigenvalue weighted by Crippen LogP contribution is 2.21. The first-order valence-electron chi connectivity index (χ1n) is 4.97. The molecule has 0 amide bonds. The number of carbonyl (C=O) groups excluding carboxylic acids is 1. The highest BCUT2D eigenvalue weighted by atomic mass is 16.5. The molecular weight excluding hydrogens is 204 g/mol. The lowest BCUT2D eigenvalue weighted by Crippen LogP contribution is -2.02. The molecule has 0 heterocycles. The van der Waals surface area contributed by atoms with Crippen LogP contribution in [0.2, 0.25) is 0 Å². The second-order valence-corrected chi connectivity index (χ2v) is 3.51. The summed E-state index contributed by atoms with van der Waals surface area (Å²) in [6.45, 7) is -0.0363. The molecule has 82 valence electrons. The molecule has 2 aromatic carbocycles. The number of methoxy groups -OCH3 is 1. The summed E-state index contributed by atoms with van der Waals surface area (Å²) in [4.78, 5) is 11.5. The van der Waals surface area contributed by atoms with Crippen LogP contribution in [0.5, 0.6) is 0 Å². The number of ether oxygens (including phenoxy) is 1. The van der Waals surface area contributed by atoms with Crippen molar-refractivity contribution in [3.05, 3.63) is 47.5 Å². The van der Waals surface area contributed by atoms with Gasteiger partial charge in [0.2, 0.25) is 0 Å². The molecule has 0 fully saturated rings. The summed E-state index contributed by atoms with van der Waals surface area (Å²) >= 11 is 0. The van der Waals surface area contributed by atoms with Gasteiger partial charge in [-0.05, 0) is 28.5 Å². The van der Waals surface area contributed by atoms with Crippen LogP contribution in [0.4, 0.5) is 0 Å². The summed E-state index contributed by atoms with van der Waals surface area (Å²) in [5.41, 5.74) is 1.30. The van der Waals surface area contributed by atoms with E-state index in [2.05, 4.69) is 0 Å². The lowest BCUT2D eigenvalue weighted by Gasteiger charge is -2.06.